The van der Waals surface area contributed by atoms with Crippen LogP contribution in [0.3, 0.4) is 0 Å². The van der Waals surface area contributed by atoms with Gasteiger partial charge in [-0.15, -0.1) is 0 Å². The third kappa shape index (κ3) is 3.33. The lowest BCUT2D eigenvalue weighted by Crippen LogP contribution is -2.34. The highest BCUT2D eigenvalue weighted by Crippen LogP contribution is 2.21. The summed E-state index contributed by atoms with van der Waals surface area (Å²) in [6, 6.07) is 3.77. The topological polar surface area (TPSA) is 93.4 Å². The van der Waals surface area contributed by atoms with Crippen LogP contribution in [0, 0.1) is 13.8 Å². The summed E-state index contributed by atoms with van der Waals surface area (Å²) in [6.07, 6.45) is 1.45. The van der Waals surface area contributed by atoms with Crippen LogP contribution in [0.25, 0.3) is 0 Å². The smallest absolute Gasteiger partial charge is 0.331 e. The lowest BCUT2D eigenvalue weighted by molar-refractivity contribution is -0.139. The zero-order valence-corrected chi connectivity index (χ0v) is 13.5. The highest BCUT2D eigenvalue weighted by atomic mass is 16.5. The number of hydrogen-bond donors (Lipinski definition) is 2. The van der Waals surface area contributed by atoms with Gasteiger partial charge in [0.25, 0.3) is 5.91 Å². The van der Waals surface area contributed by atoms with Crippen LogP contribution in [0.5, 0.6) is 5.75 Å². The van der Waals surface area contributed by atoms with Crippen LogP contribution in [0.1, 0.15) is 33.2 Å². The molecular formula is C16H19N3O4. The van der Waals surface area contributed by atoms with Crippen LogP contribution in [0.15, 0.2) is 24.4 Å². The molecule has 0 aliphatic carbocycles. The predicted molar refractivity (Wildman–Crippen MR) is 83.5 cm³/mol. The number of carboxylic acids is 1. The van der Waals surface area contributed by atoms with Crippen LogP contribution in [-0.4, -0.2) is 33.9 Å². The van der Waals surface area contributed by atoms with Gasteiger partial charge in [0.05, 0.1) is 13.3 Å². The maximum Gasteiger partial charge on any atom is 0.331 e. The second-order valence-corrected chi connectivity index (χ2v) is 5.24. The standard InChI is InChI=1S/C16H19N3O4/c1-9-7-11(5-6-13(9)23-4)15(20)18-14(16(21)22)12-8-17-19(3)10(12)2/h5-8,14H,1-4H3,(H,18,20)(H,21,22). The molecule has 1 aromatic heterocycles. The number of rotatable bonds is 5. The third-order valence-electron chi connectivity index (χ3n) is 3.76. The van der Waals surface area contributed by atoms with Crippen molar-refractivity contribution in [2.75, 3.05) is 7.11 Å². The molecule has 1 heterocycles. The first kappa shape index (κ1) is 16.5. The number of methoxy groups -OCH3 is 1. The van der Waals surface area contributed by atoms with Crippen molar-refractivity contribution in [2.45, 2.75) is 19.9 Å². The number of nitrogens with one attached hydrogen (secondary N) is 1. The molecule has 0 radical (unpaired) electrons. The highest BCUT2D eigenvalue weighted by Gasteiger charge is 2.26. The van der Waals surface area contributed by atoms with Gasteiger partial charge < -0.3 is 15.2 Å². The molecule has 7 heteroatoms. The van der Waals surface area contributed by atoms with Crippen LogP contribution < -0.4 is 10.1 Å². The van der Waals surface area contributed by atoms with Crippen molar-refractivity contribution in [3.05, 3.63) is 46.8 Å². The maximum atomic E-state index is 12.4. The van der Waals surface area contributed by atoms with E-state index in [-0.39, 0.29) is 0 Å². The molecular weight excluding hydrogens is 298 g/mol. The molecule has 0 fully saturated rings. The molecule has 0 aliphatic heterocycles. The van der Waals surface area contributed by atoms with Crippen molar-refractivity contribution in [2.24, 2.45) is 7.05 Å². The molecule has 0 aliphatic rings. The van der Waals surface area contributed by atoms with E-state index in [2.05, 4.69) is 10.4 Å². The summed E-state index contributed by atoms with van der Waals surface area (Å²) in [5.41, 5.74) is 2.31. The first-order valence-electron chi connectivity index (χ1n) is 7.02. The minimum Gasteiger partial charge on any atom is -0.496 e. The summed E-state index contributed by atoms with van der Waals surface area (Å²) in [5, 5.41) is 16.0. The Morgan fingerprint density at radius 2 is 2.04 bits per heavy atom. The average Bonchev–Trinajstić information content (AvgIpc) is 2.84. The largest absolute Gasteiger partial charge is 0.496 e. The Morgan fingerprint density at radius 3 is 2.52 bits per heavy atom. The minimum atomic E-state index is -1.15. The fourth-order valence-electron chi connectivity index (χ4n) is 2.31. The van der Waals surface area contributed by atoms with E-state index in [1.165, 1.54) is 6.20 Å². The van der Waals surface area contributed by atoms with Crippen molar-refractivity contribution in [3.63, 3.8) is 0 Å². The van der Waals surface area contributed by atoms with Gasteiger partial charge in [-0.1, -0.05) is 0 Å². The molecule has 23 heavy (non-hydrogen) atoms. The molecule has 0 bridgehead atoms. The monoisotopic (exact) mass is 317 g/mol. The van der Waals surface area contributed by atoms with Crippen molar-refractivity contribution >= 4 is 11.9 Å². The summed E-state index contributed by atoms with van der Waals surface area (Å²) < 4.78 is 6.71. The van der Waals surface area contributed by atoms with Gasteiger partial charge in [0, 0.05) is 23.9 Å². The summed E-state index contributed by atoms with van der Waals surface area (Å²) in [6.45, 7) is 3.57. The maximum absolute atomic E-state index is 12.4. The SMILES string of the molecule is COc1ccc(C(=O)NC(C(=O)O)c2cnn(C)c2C)cc1C. The Kier molecular flexibility index (Phi) is 4.68. The summed E-state index contributed by atoms with van der Waals surface area (Å²) in [4.78, 5) is 23.9. The fraction of sp³-hybridized carbons (Fsp3) is 0.312. The van der Waals surface area contributed by atoms with Gasteiger partial charge in [0.15, 0.2) is 6.04 Å². The summed E-state index contributed by atoms with van der Waals surface area (Å²) in [5.74, 6) is -0.939. The third-order valence-corrected chi connectivity index (χ3v) is 3.76. The molecule has 0 saturated heterocycles. The van der Waals surface area contributed by atoms with E-state index >= 15 is 0 Å². The second-order valence-electron chi connectivity index (χ2n) is 5.24. The van der Waals surface area contributed by atoms with Crippen LogP contribution >= 0.6 is 0 Å². The molecule has 0 saturated carbocycles. The van der Waals surface area contributed by atoms with Gasteiger partial charge in [0.2, 0.25) is 0 Å². The number of nitrogens with zero attached hydrogens (tertiary/aromatic N) is 2. The van der Waals surface area contributed by atoms with Crippen molar-refractivity contribution in [1.82, 2.24) is 15.1 Å². The van der Waals surface area contributed by atoms with E-state index in [9.17, 15) is 14.7 Å². The number of benzene rings is 1. The van der Waals surface area contributed by atoms with Gasteiger partial charge in [0.1, 0.15) is 5.75 Å². The van der Waals surface area contributed by atoms with E-state index in [4.69, 9.17) is 4.74 Å². The number of aromatic nitrogens is 2. The number of ether oxygens (including phenoxy) is 1. The fourth-order valence-corrected chi connectivity index (χ4v) is 2.31. The van der Waals surface area contributed by atoms with Gasteiger partial charge >= 0.3 is 5.97 Å². The van der Waals surface area contributed by atoms with E-state index in [0.29, 0.717) is 22.6 Å². The number of carbonyl (C=O) groups is 2. The lowest BCUT2D eigenvalue weighted by atomic mass is 10.1. The lowest BCUT2D eigenvalue weighted by Gasteiger charge is -2.15. The summed E-state index contributed by atoms with van der Waals surface area (Å²) >= 11 is 0. The average molecular weight is 317 g/mol. The van der Waals surface area contributed by atoms with Crippen molar-refractivity contribution in [3.8, 4) is 5.75 Å². The molecule has 1 amide bonds. The molecule has 1 aromatic carbocycles. The van der Waals surface area contributed by atoms with E-state index in [1.807, 2.05) is 6.92 Å². The first-order chi connectivity index (χ1) is 10.8. The van der Waals surface area contributed by atoms with E-state index < -0.39 is 17.9 Å². The molecule has 1 atom stereocenters. The Bertz CT molecular complexity index is 752. The Balaban J connectivity index is 2.27. The molecule has 0 spiro atoms. The van der Waals surface area contributed by atoms with Crippen molar-refractivity contribution in [1.29, 1.82) is 0 Å². The van der Waals surface area contributed by atoms with Gasteiger partial charge in [-0.25, -0.2) is 4.79 Å². The van der Waals surface area contributed by atoms with Crippen molar-refractivity contribution < 1.29 is 19.4 Å². The second kappa shape index (κ2) is 6.51. The summed E-state index contributed by atoms with van der Waals surface area (Å²) in [7, 11) is 3.26. The highest BCUT2D eigenvalue weighted by molar-refractivity contribution is 5.97. The molecule has 1 unspecified atom stereocenters. The molecule has 2 rings (SSSR count). The van der Waals surface area contributed by atoms with Gasteiger partial charge in [-0.2, -0.15) is 5.10 Å². The van der Waals surface area contributed by atoms with E-state index in [0.717, 1.165) is 5.56 Å². The zero-order chi connectivity index (χ0) is 17.1. The number of carboxylic acid groups (broad SMARTS) is 1. The normalized spacial score (nSPS) is 11.8. The minimum absolute atomic E-state index is 0.371. The molecule has 2 aromatic rings. The van der Waals surface area contributed by atoms with Crippen LogP contribution in [0.2, 0.25) is 0 Å². The Hall–Kier alpha value is -2.83. The number of hydrogen-bond acceptors (Lipinski definition) is 4. The quantitative estimate of drug-likeness (QED) is 0.873. The van der Waals surface area contributed by atoms with Crippen LogP contribution in [0.4, 0.5) is 0 Å². The molecule has 122 valence electrons. The predicted octanol–water partition coefficient (Wildman–Crippen LogP) is 1.60. The molecule has 7 nitrogen and oxygen atoms in total. The number of aliphatic carboxylic acids is 1. The number of aryl methyl sites for hydroxylation is 2. The van der Waals surface area contributed by atoms with Crippen LogP contribution in [-0.2, 0) is 11.8 Å². The van der Waals surface area contributed by atoms with Gasteiger partial charge in [-0.05, 0) is 37.6 Å². The number of carbonyl (C=O) groups excluding carboxylic acids is 1. The Labute approximate surface area is 133 Å². The molecule has 2 N–H and O–H groups in total. The zero-order valence-electron chi connectivity index (χ0n) is 13.5. The van der Waals surface area contributed by atoms with E-state index in [1.54, 1.807) is 44.0 Å². The first-order valence-corrected chi connectivity index (χ1v) is 7.02. The number of amides is 1. The van der Waals surface area contributed by atoms with Gasteiger partial charge in [-0.3, -0.25) is 9.48 Å². The Morgan fingerprint density at radius 1 is 1.35 bits per heavy atom.